The van der Waals surface area contributed by atoms with Gasteiger partial charge in [-0.1, -0.05) is 0 Å². The van der Waals surface area contributed by atoms with Crippen molar-refractivity contribution in [1.82, 2.24) is 0 Å². The summed E-state index contributed by atoms with van der Waals surface area (Å²) in [6.45, 7) is -2.92. The Labute approximate surface area is 140 Å². The van der Waals surface area contributed by atoms with E-state index >= 15 is 0 Å². The zero-order valence-electron chi connectivity index (χ0n) is 11.9. The van der Waals surface area contributed by atoms with E-state index in [4.69, 9.17) is 29.4 Å². The van der Waals surface area contributed by atoms with E-state index in [9.17, 15) is 0 Å². The summed E-state index contributed by atoms with van der Waals surface area (Å²) in [7, 11) is 0. The Bertz CT molecular complexity index is 423. The molecule has 0 atom stereocenters. The van der Waals surface area contributed by atoms with Crippen LogP contribution in [0.25, 0.3) is 0 Å². The zero-order valence-corrected chi connectivity index (χ0v) is 18.3. The molecular weight excluding hydrogens is 408 g/mol. The molecule has 1 rings (SSSR count). The average molecular weight is 429 g/mol. The van der Waals surface area contributed by atoms with E-state index in [0.29, 0.717) is 0 Å². The second-order valence-corrected chi connectivity index (χ2v) is 18.8. The topological polar surface area (TPSA) is 121 Å². The van der Waals surface area contributed by atoms with Crippen molar-refractivity contribution in [2.24, 2.45) is 0 Å². The van der Waals surface area contributed by atoms with Crippen LogP contribution in [0.2, 0.25) is 10.0 Å². The van der Waals surface area contributed by atoms with Gasteiger partial charge in [-0.3, -0.25) is 0 Å². The normalized spacial score (nSPS) is 10.7. The van der Waals surface area contributed by atoms with Crippen LogP contribution in [0.3, 0.4) is 0 Å². The fraction of sp³-hybridized carbons (Fsp3) is 0.400. The monoisotopic (exact) mass is 427 g/mol. The molecule has 0 aliphatic heterocycles. The van der Waals surface area contributed by atoms with Crippen LogP contribution in [-0.2, 0) is 39.6 Å². The molecular formula is C10H21O6P2S2Zn. The fourth-order valence-electron chi connectivity index (χ4n) is 1.74. The van der Waals surface area contributed by atoms with Crippen LogP contribution in [0.4, 0.5) is 0 Å². The van der Waals surface area contributed by atoms with Crippen LogP contribution in [0, 0.1) is 0 Å². The summed E-state index contributed by atoms with van der Waals surface area (Å²) in [6, 6.07) is 11.1. The van der Waals surface area contributed by atoms with Crippen LogP contribution in [0.15, 0.2) is 30.3 Å². The number of rotatable bonds is 3. The molecule has 0 aliphatic carbocycles. The molecule has 0 fully saturated rings. The summed E-state index contributed by atoms with van der Waals surface area (Å²) in [6.07, 6.45) is 0. The molecule has 0 saturated carbocycles. The van der Waals surface area contributed by atoms with Gasteiger partial charge >= 0.3 is 87.8 Å². The summed E-state index contributed by atoms with van der Waals surface area (Å²) in [5.74, 6) is 0. The number of benzene rings is 1. The first-order valence-corrected chi connectivity index (χ1v) is 17.2. The first-order chi connectivity index (χ1) is 9.38. The van der Waals surface area contributed by atoms with Crippen LogP contribution >= 0.6 is 13.4 Å². The summed E-state index contributed by atoms with van der Waals surface area (Å²) in [5, 5.41) is 2.92. The van der Waals surface area contributed by atoms with Crippen molar-refractivity contribution < 1.29 is 45.3 Å². The third-order valence-corrected chi connectivity index (χ3v) is 11.1. The first kappa shape index (κ1) is 24.2. The van der Waals surface area contributed by atoms with Crippen molar-refractivity contribution in [2.45, 2.75) is 23.9 Å². The first-order valence-electron chi connectivity index (χ1n) is 6.24. The molecule has 21 heavy (non-hydrogen) atoms. The van der Waals surface area contributed by atoms with Gasteiger partial charge in [0.05, 0.1) is 0 Å². The van der Waals surface area contributed by atoms with Gasteiger partial charge in [0.2, 0.25) is 0 Å². The van der Waals surface area contributed by atoms with Gasteiger partial charge < -0.3 is 29.4 Å². The number of hydrogen-bond donors (Lipinski definition) is 6. The van der Waals surface area contributed by atoms with Gasteiger partial charge in [0, 0.05) is 0 Å². The average Bonchev–Trinajstić information content (AvgIpc) is 2.27. The van der Waals surface area contributed by atoms with E-state index in [-0.39, 0.29) is 0 Å². The molecule has 121 valence electrons. The minimum Gasteiger partial charge on any atom is -0.325 e. The van der Waals surface area contributed by atoms with Gasteiger partial charge in [0.1, 0.15) is 0 Å². The predicted octanol–water partition coefficient (Wildman–Crippen LogP) is 1.18. The third kappa shape index (κ3) is 26.1. The molecule has 0 aromatic heterocycles. The minimum absolute atomic E-state index is 1.21. The smallest absolute Gasteiger partial charge is 0.319 e. The van der Waals surface area contributed by atoms with Gasteiger partial charge in [-0.25, -0.2) is 0 Å². The molecule has 11 heteroatoms. The SMILES string of the molecule is C[CH2][Zn]([CH2]C)[c]1ccccc1.OP(O)(O)=S.OP(O)(O)=S. The van der Waals surface area contributed by atoms with E-state index in [1.165, 1.54) is 10.0 Å². The predicted molar refractivity (Wildman–Crippen MR) is 88.9 cm³/mol. The van der Waals surface area contributed by atoms with Crippen molar-refractivity contribution in [3.8, 4) is 0 Å². The van der Waals surface area contributed by atoms with Crippen molar-refractivity contribution in [3.05, 3.63) is 30.3 Å². The Morgan fingerprint density at radius 3 is 1.33 bits per heavy atom. The Balaban J connectivity index is 0. The maximum Gasteiger partial charge on any atom is 0.319 e. The van der Waals surface area contributed by atoms with E-state index in [2.05, 4.69) is 67.8 Å². The second-order valence-electron chi connectivity index (χ2n) is 4.37. The largest absolute Gasteiger partial charge is 0.325 e. The molecule has 0 spiro atoms. The van der Waals surface area contributed by atoms with Crippen molar-refractivity contribution in [1.29, 1.82) is 0 Å². The van der Waals surface area contributed by atoms with Crippen LogP contribution in [0.5, 0.6) is 0 Å². The summed E-state index contributed by atoms with van der Waals surface area (Å²) >= 11 is 6.00. The van der Waals surface area contributed by atoms with Gasteiger partial charge in [0.25, 0.3) is 0 Å². The minimum atomic E-state index is -3.81. The second kappa shape index (κ2) is 12.3. The van der Waals surface area contributed by atoms with Crippen molar-refractivity contribution in [3.63, 3.8) is 0 Å². The Morgan fingerprint density at radius 1 is 0.810 bits per heavy atom. The fourth-order valence-corrected chi connectivity index (χ4v) is 7.62. The third-order valence-electron chi connectivity index (χ3n) is 2.63. The van der Waals surface area contributed by atoms with Gasteiger partial charge in [0.15, 0.2) is 0 Å². The Kier molecular flexibility index (Phi) is 14.2. The molecule has 1 aromatic carbocycles. The van der Waals surface area contributed by atoms with Gasteiger partial charge in [-0.2, -0.15) is 0 Å². The van der Waals surface area contributed by atoms with E-state index in [1.54, 1.807) is 4.16 Å². The quantitative estimate of drug-likeness (QED) is 0.313. The van der Waals surface area contributed by atoms with Crippen molar-refractivity contribution in [2.75, 3.05) is 0 Å². The number of hydrogen-bond acceptors (Lipinski definition) is 2. The molecule has 0 aliphatic rings. The van der Waals surface area contributed by atoms with E-state index in [0.717, 1.165) is 0 Å². The van der Waals surface area contributed by atoms with Crippen LogP contribution < -0.4 is 4.16 Å². The molecule has 0 amide bonds. The summed E-state index contributed by atoms with van der Waals surface area (Å²) < 4.78 is 1.69. The molecule has 0 unspecified atom stereocenters. The van der Waals surface area contributed by atoms with E-state index in [1.807, 2.05) is 0 Å². The maximum atomic E-state index is 7.56. The molecule has 6 N–H and O–H groups in total. The Morgan fingerprint density at radius 2 is 1.10 bits per heavy atom. The Hall–Kier alpha value is 0.903. The molecule has 0 saturated heterocycles. The van der Waals surface area contributed by atoms with Crippen molar-refractivity contribution >= 4 is 41.2 Å². The molecule has 1 aromatic rings. The maximum absolute atomic E-state index is 7.56. The van der Waals surface area contributed by atoms with Crippen LogP contribution in [-0.4, -0.2) is 29.4 Å². The molecule has 0 radical (unpaired) electrons. The molecule has 0 heterocycles. The summed E-state index contributed by atoms with van der Waals surface area (Å²) in [4.78, 5) is 45.3. The van der Waals surface area contributed by atoms with Gasteiger partial charge in [-0.15, -0.1) is 0 Å². The zero-order chi connectivity index (χ0) is 17.1. The van der Waals surface area contributed by atoms with E-state index < -0.39 is 29.4 Å². The molecule has 6 nitrogen and oxygen atoms in total. The summed E-state index contributed by atoms with van der Waals surface area (Å²) in [5.41, 5.74) is 0. The van der Waals surface area contributed by atoms with Gasteiger partial charge in [-0.05, 0) is 23.6 Å². The van der Waals surface area contributed by atoms with Crippen LogP contribution in [0.1, 0.15) is 13.8 Å². The standard InChI is InChI=1S/C6H5.2C2H5.2H3O3PS.Zn/c1-2-4-6-5-3-1;2*1-2;2*1-4(2,3)5;/h1-5H;2*1H2,2H3;2*(H3,1,2,3,5);. The molecule has 0 bridgehead atoms.